The normalized spacial score (nSPS) is 16.9. The van der Waals surface area contributed by atoms with Gasteiger partial charge < -0.3 is 4.57 Å². The van der Waals surface area contributed by atoms with Gasteiger partial charge in [0.15, 0.2) is 0 Å². The average Bonchev–Trinajstić information content (AvgIpc) is 2.72. The molecule has 0 amide bonds. The molecule has 0 unspecified atom stereocenters. The van der Waals surface area contributed by atoms with Crippen LogP contribution in [0.5, 0.6) is 0 Å². The van der Waals surface area contributed by atoms with Crippen LogP contribution in [-0.4, -0.2) is 38.6 Å². The molecule has 0 radical (unpaired) electrons. The lowest BCUT2D eigenvalue weighted by atomic mass is 10.3. The molecule has 2 heterocycles. The van der Waals surface area contributed by atoms with E-state index in [-0.39, 0.29) is 6.54 Å². The minimum atomic E-state index is -4.42. The molecule has 0 aliphatic carbocycles. The first kappa shape index (κ1) is 13.6. The van der Waals surface area contributed by atoms with Gasteiger partial charge in [0, 0.05) is 19.0 Å². The van der Waals surface area contributed by atoms with Crippen LogP contribution in [0.3, 0.4) is 0 Å². The lowest BCUT2D eigenvalue weighted by Gasteiger charge is -2.27. The van der Waals surface area contributed by atoms with Crippen LogP contribution >= 0.6 is 11.6 Å². The fraction of sp³-hybridized carbons (Fsp3) is 0.800. The molecule has 0 bridgehead atoms. The van der Waals surface area contributed by atoms with E-state index in [4.69, 9.17) is 11.6 Å². The van der Waals surface area contributed by atoms with Crippen molar-refractivity contribution in [1.82, 2.24) is 19.7 Å². The summed E-state index contributed by atoms with van der Waals surface area (Å²) in [6, 6.07) is 0. The van der Waals surface area contributed by atoms with Gasteiger partial charge in [-0.15, -0.1) is 21.8 Å². The van der Waals surface area contributed by atoms with Gasteiger partial charge in [-0.1, -0.05) is 0 Å². The number of hydrogen-bond donors (Lipinski definition) is 0. The summed E-state index contributed by atoms with van der Waals surface area (Å²) in [5.74, 6) is 0.111. The molecular weight excluding hydrogens is 269 g/mol. The first-order valence-corrected chi connectivity index (χ1v) is 6.33. The van der Waals surface area contributed by atoms with Gasteiger partial charge in [0.1, 0.15) is 5.82 Å². The number of alkyl halides is 4. The van der Waals surface area contributed by atoms with E-state index in [9.17, 15) is 13.2 Å². The molecule has 1 aromatic rings. The SMILES string of the molecule is FC(F)(F)c1nnc2n1CCN(CCCCCl)C2. The predicted octanol–water partition coefficient (Wildman–Crippen LogP) is 2.13. The zero-order valence-corrected chi connectivity index (χ0v) is 10.5. The Kier molecular flexibility index (Phi) is 4.11. The van der Waals surface area contributed by atoms with Crippen LogP contribution in [-0.2, 0) is 19.3 Å². The zero-order valence-electron chi connectivity index (χ0n) is 9.75. The molecule has 1 aliphatic rings. The summed E-state index contributed by atoms with van der Waals surface area (Å²) in [4.78, 5) is 2.08. The van der Waals surface area contributed by atoms with E-state index in [1.807, 2.05) is 0 Å². The third kappa shape index (κ3) is 2.95. The number of halogens is 4. The highest BCUT2D eigenvalue weighted by atomic mass is 35.5. The maximum Gasteiger partial charge on any atom is 0.451 e. The summed E-state index contributed by atoms with van der Waals surface area (Å²) in [5, 5.41) is 6.87. The molecule has 8 heteroatoms. The lowest BCUT2D eigenvalue weighted by molar-refractivity contribution is -0.148. The number of rotatable bonds is 4. The summed E-state index contributed by atoms with van der Waals surface area (Å²) in [6.45, 7) is 2.14. The number of unbranched alkanes of at least 4 members (excludes halogenated alkanes) is 1. The summed E-state index contributed by atoms with van der Waals surface area (Å²) in [5.41, 5.74) is 0. The highest BCUT2D eigenvalue weighted by Gasteiger charge is 2.39. The van der Waals surface area contributed by atoms with Crippen LogP contribution in [0.2, 0.25) is 0 Å². The Morgan fingerprint density at radius 3 is 2.61 bits per heavy atom. The van der Waals surface area contributed by atoms with Crippen LogP contribution in [0.15, 0.2) is 0 Å². The minimum Gasteiger partial charge on any atom is -0.305 e. The zero-order chi connectivity index (χ0) is 13.2. The van der Waals surface area contributed by atoms with Crippen molar-refractivity contribution in [2.45, 2.75) is 32.1 Å². The predicted molar refractivity (Wildman–Crippen MR) is 60.3 cm³/mol. The summed E-state index contributed by atoms with van der Waals surface area (Å²) < 4.78 is 39.0. The summed E-state index contributed by atoms with van der Waals surface area (Å²) in [7, 11) is 0. The molecule has 18 heavy (non-hydrogen) atoms. The Morgan fingerprint density at radius 1 is 1.17 bits per heavy atom. The third-order valence-corrected chi connectivity index (χ3v) is 3.21. The van der Waals surface area contributed by atoms with E-state index in [1.54, 1.807) is 0 Å². The van der Waals surface area contributed by atoms with Crippen LogP contribution < -0.4 is 0 Å². The first-order chi connectivity index (χ1) is 8.52. The molecule has 102 valence electrons. The van der Waals surface area contributed by atoms with Gasteiger partial charge in [0.05, 0.1) is 6.54 Å². The largest absolute Gasteiger partial charge is 0.451 e. The standard InChI is InChI=1S/C10H14ClF3N4/c11-3-1-2-4-17-5-6-18-8(7-17)15-16-9(18)10(12,13)14/h1-7H2. The molecule has 1 aliphatic heterocycles. The van der Waals surface area contributed by atoms with Crippen LogP contribution in [0, 0.1) is 0 Å². The van der Waals surface area contributed by atoms with Gasteiger partial charge in [0.25, 0.3) is 0 Å². The van der Waals surface area contributed by atoms with Gasteiger partial charge >= 0.3 is 6.18 Å². The van der Waals surface area contributed by atoms with E-state index < -0.39 is 12.0 Å². The smallest absolute Gasteiger partial charge is 0.305 e. The topological polar surface area (TPSA) is 34.0 Å². The van der Waals surface area contributed by atoms with Crippen molar-refractivity contribution in [1.29, 1.82) is 0 Å². The highest BCUT2D eigenvalue weighted by Crippen LogP contribution is 2.29. The molecule has 0 fully saturated rings. The second-order valence-electron chi connectivity index (χ2n) is 4.26. The maximum atomic E-state index is 12.6. The summed E-state index contributed by atoms with van der Waals surface area (Å²) >= 11 is 5.58. The van der Waals surface area contributed by atoms with Crippen LogP contribution in [0.4, 0.5) is 13.2 Å². The van der Waals surface area contributed by atoms with Gasteiger partial charge in [-0.25, -0.2) is 0 Å². The Balaban J connectivity index is 2.01. The summed E-state index contributed by atoms with van der Waals surface area (Å²) in [6.07, 6.45) is -2.56. The Bertz CT molecular complexity index is 404. The van der Waals surface area contributed by atoms with Crippen molar-refractivity contribution in [3.63, 3.8) is 0 Å². The van der Waals surface area contributed by atoms with Crippen molar-refractivity contribution < 1.29 is 13.2 Å². The minimum absolute atomic E-state index is 0.290. The first-order valence-electron chi connectivity index (χ1n) is 5.80. The monoisotopic (exact) mass is 282 g/mol. The van der Waals surface area contributed by atoms with Gasteiger partial charge in [-0.2, -0.15) is 13.2 Å². The molecule has 0 saturated carbocycles. The number of aromatic nitrogens is 3. The van der Waals surface area contributed by atoms with E-state index in [2.05, 4.69) is 15.1 Å². The van der Waals surface area contributed by atoms with E-state index >= 15 is 0 Å². The van der Waals surface area contributed by atoms with Crippen molar-refractivity contribution in [2.75, 3.05) is 19.0 Å². The number of hydrogen-bond acceptors (Lipinski definition) is 3. The van der Waals surface area contributed by atoms with Crippen molar-refractivity contribution >= 4 is 11.6 Å². The maximum absolute atomic E-state index is 12.6. The van der Waals surface area contributed by atoms with Gasteiger partial charge in [0.2, 0.25) is 5.82 Å². The van der Waals surface area contributed by atoms with E-state index in [1.165, 1.54) is 0 Å². The molecule has 1 aromatic heterocycles. The molecular formula is C10H14ClF3N4. The van der Waals surface area contributed by atoms with Crippen molar-refractivity contribution in [2.24, 2.45) is 0 Å². The lowest BCUT2D eigenvalue weighted by Crippen LogP contribution is -2.35. The Morgan fingerprint density at radius 2 is 1.94 bits per heavy atom. The molecule has 2 rings (SSSR count). The van der Waals surface area contributed by atoms with Crippen LogP contribution in [0.1, 0.15) is 24.5 Å². The molecule has 4 nitrogen and oxygen atoms in total. The number of fused-ring (bicyclic) bond motifs is 1. The molecule has 0 atom stereocenters. The Hall–Kier alpha value is -0.820. The molecule has 0 aromatic carbocycles. The van der Waals surface area contributed by atoms with Gasteiger partial charge in [-0.05, 0) is 19.4 Å². The molecule has 0 saturated heterocycles. The second-order valence-corrected chi connectivity index (χ2v) is 4.64. The fourth-order valence-electron chi connectivity index (χ4n) is 2.04. The van der Waals surface area contributed by atoms with Gasteiger partial charge in [-0.3, -0.25) is 4.90 Å². The van der Waals surface area contributed by atoms with Crippen molar-refractivity contribution in [3.8, 4) is 0 Å². The number of nitrogens with zero attached hydrogens (tertiary/aromatic N) is 4. The highest BCUT2D eigenvalue weighted by molar-refractivity contribution is 6.17. The average molecular weight is 283 g/mol. The fourth-order valence-corrected chi connectivity index (χ4v) is 2.23. The molecule has 0 N–H and O–H groups in total. The quantitative estimate of drug-likeness (QED) is 0.627. The van der Waals surface area contributed by atoms with Crippen LogP contribution in [0.25, 0.3) is 0 Å². The van der Waals surface area contributed by atoms with Crippen molar-refractivity contribution in [3.05, 3.63) is 11.6 Å². The third-order valence-electron chi connectivity index (χ3n) is 2.94. The Labute approximate surface area is 108 Å². The second kappa shape index (κ2) is 5.44. The van der Waals surface area contributed by atoms with E-state index in [0.29, 0.717) is 24.8 Å². The molecule has 0 spiro atoms. The van der Waals surface area contributed by atoms with E-state index in [0.717, 1.165) is 24.0 Å².